The first kappa shape index (κ1) is 17.6. The molecular weight excluding hydrogens is 353 g/mol. The van der Waals surface area contributed by atoms with E-state index < -0.39 is 12.1 Å². The van der Waals surface area contributed by atoms with Crippen molar-refractivity contribution >= 4 is 17.3 Å². The second-order valence-corrected chi connectivity index (χ2v) is 6.37. The molecule has 0 bridgehead atoms. The zero-order valence-electron chi connectivity index (χ0n) is 13.5. The monoisotopic (exact) mass is 368 g/mol. The fourth-order valence-electron chi connectivity index (χ4n) is 2.85. The molecule has 2 aromatic rings. The molecule has 1 saturated heterocycles. The number of hydrogen-bond donors (Lipinski definition) is 0. The van der Waals surface area contributed by atoms with E-state index in [9.17, 15) is 13.2 Å². The lowest BCUT2D eigenvalue weighted by atomic mass is 9.95. The van der Waals surface area contributed by atoms with Gasteiger partial charge in [-0.25, -0.2) is 4.98 Å². The van der Waals surface area contributed by atoms with E-state index in [-0.39, 0.29) is 12.8 Å². The molecule has 1 fully saturated rings. The molecule has 25 heavy (non-hydrogen) atoms. The third kappa shape index (κ3) is 4.26. The van der Waals surface area contributed by atoms with E-state index in [1.54, 1.807) is 36.4 Å². The Morgan fingerprint density at radius 2 is 1.92 bits per heavy atom. The number of nitrogens with zero attached hydrogens (tertiary/aromatic N) is 4. The van der Waals surface area contributed by atoms with Crippen LogP contribution in [0.1, 0.15) is 24.0 Å². The Balaban J connectivity index is 1.82. The number of alkyl halides is 3. The summed E-state index contributed by atoms with van der Waals surface area (Å²) in [6.07, 6.45) is 0.981. The predicted molar refractivity (Wildman–Crippen MR) is 89.4 cm³/mol. The van der Waals surface area contributed by atoms with Crippen LogP contribution in [-0.4, -0.2) is 34.0 Å². The predicted octanol–water partition coefficient (Wildman–Crippen LogP) is 3.65. The van der Waals surface area contributed by atoms with Crippen molar-refractivity contribution in [2.75, 3.05) is 18.0 Å². The largest absolute Gasteiger partial charge is 0.391 e. The van der Waals surface area contributed by atoms with Crippen molar-refractivity contribution < 1.29 is 13.2 Å². The number of aromatic nitrogens is 3. The van der Waals surface area contributed by atoms with Crippen LogP contribution in [0.15, 0.2) is 24.7 Å². The average molecular weight is 369 g/mol. The first-order valence-corrected chi connectivity index (χ1v) is 8.18. The van der Waals surface area contributed by atoms with Crippen LogP contribution in [0.4, 0.5) is 18.9 Å². The van der Waals surface area contributed by atoms with Gasteiger partial charge in [0, 0.05) is 38.6 Å². The summed E-state index contributed by atoms with van der Waals surface area (Å²) in [6.45, 7) is 0.623. The summed E-state index contributed by atoms with van der Waals surface area (Å²) in [5, 5.41) is 4.34. The Kier molecular flexibility index (Phi) is 4.91. The van der Waals surface area contributed by atoms with Gasteiger partial charge in [0.1, 0.15) is 5.15 Å². The van der Waals surface area contributed by atoms with Gasteiger partial charge in [0.15, 0.2) is 0 Å². The third-order valence-electron chi connectivity index (χ3n) is 4.19. The molecule has 8 heteroatoms. The number of anilines is 1. The van der Waals surface area contributed by atoms with Crippen molar-refractivity contribution in [3.05, 3.63) is 40.9 Å². The summed E-state index contributed by atoms with van der Waals surface area (Å²) in [4.78, 5) is 5.93. The number of rotatable bonds is 1. The molecule has 0 atom stereocenters. The Hall–Kier alpha value is -2.20. The van der Waals surface area contributed by atoms with Crippen molar-refractivity contribution in [3.8, 4) is 11.8 Å². The van der Waals surface area contributed by atoms with Crippen molar-refractivity contribution in [3.63, 3.8) is 0 Å². The Morgan fingerprint density at radius 3 is 2.52 bits per heavy atom. The highest BCUT2D eigenvalue weighted by Crippen LogP contribution is 2.36. The van der Waals surface area contributed by atoms with Gasteiger partial charge in [-0.15, -0.1) is 0 Å². The lowest BCUT2D eigenvalue weighted by Crippen LogP contribution is -2.39. The van der Waals surface area contributed by atoms with Gasteiger partial charge in [-0.1, -0.05) is 23.4 Å². The molecule has 0 unspecified atom stereocenters. The van der Waals surface area contributed by atoms with Crippen molar-refractivity contribution in [1.29, 1.82) is 0 Å². The molecule has 132 valence electrons. The standard InChI is InChI=1S/C17H16ClF3N4/c1-24-11-12(9-23-24)2-3-13-10-22-16(18)8-15(13)25-6-4-14(5-7-25)17(19,20)21/h8-11,14H,4-7H2,1H3. The molecule has 0 spiro atoms. The van der Waals surface area contributed by atoms with Gasteiger partial charge in [-0.05, 0) is 12.8 Å². The maximum atomic E-state index is 12.8. The molecule has 0 amide bonds. The number of piperidine rings is 1. The molecule has 0 N–H and O–H groups in total. The molecule has 3 rings (SSSR count). The van der Waals surface area contributed by atoms with Crippen LogP contribution in [0.5, 0.6) is 0 Å². The first-order valence-electron chi connectivity index (χ1n) is 7.81. The summed E-state index contributed by atoms with van der Waals surface area (Å²) in [7, 11) is 1.80. The molecule has 1 aliphatic rings. The van der Waals surface area contributed by atoms with E-state index in [2.05, 4.69) is 21.9 Å². The van der Waals surface area contributed by atoms with Crippen molar-refractivity contribution in [2.24, 2.45) is 13.0 Å². The van der Waals surface area contributed by atoms with E-state index >= 15 is 0 Å². The third-order valence-corrected chi connectivity index (χ3v) is 4.40. The zero-order valence-corrected chi connectivity index (χ0v) is 14.3. The van der Waals surface area contributed by atoms with Crippen LogP contribution in [0.25, 0.3) is 0 Å². The van der Waals surface area contributed by atoms with Crippen LogP contribution in [0, 0.1) is 17.8 Å². The summed E-state index contributed by atoms with van der Waals surface area (Å²) < 4.78 is 40.2. The molecule has 4 nitrogen and oxygen atoms in total. The Labute approximate surface area is 148 Å². The topological polar surface area (TPSA) is 34.0 Å². The van der Waals surface area contributed by atoms with E-state index in [0.29, 0.717) is 23.8 Å². The molecule has 1 aliphatic heterocycles. The second-order valence-electron chi connectivity index (χ2n) is 5.98. The minimum atomic E-state index is -4.13. The summed E-state index contributed by atoms with van der Waals surface area (Å²) in [6, 6.07) is 1.66. The molecule has 2 aromatic heterocycles. The van der Waals surface area contributed by atoms with E-state index in [1.165, 1.54) is 0 Å². The van der Waals surface area contributed by atoms with Gasteiger partial charge in [0.25, 0.3) is 0 Å². The van der Waals surface area contributed by atoms with E-state index in [0.717, 1.165) is 11.3 Å². The van der Waals surface area contributed by atoms with Gasteiger partial charge < -0.3 is 4.90 Å². The quantitative estimate of drug-likeness (QED) is 0.569. The highest BCUT2D eigenvalue weighted by atomic mass is 35.5. The van der Waals surface area contributed by atoms with Gasteiger partial charge in [-0.2, -0.15) is 18.3 Å². The number of halogens is 4. The highest BCUT2D eigenvalue weighted by Gasteiger charge is 2.41. The first-order chi connectivity index (χ1) is 11.8. The van der Waals surface area contributed by atoms with Gasteiger partial charge in [0.2, 0.25) is 0 Å². The minimum absolute atomic E-state index is 0.0684. The highest BCUT2D eigenvalue weighted by molar-refractivity contribution is 6.29. The van der Waals surface area contributed by atoms with E-state index in [1.807, 2.05) is 4.90 Å². The summed E-state index contributed by atoms with van der Waals surface area (Å²) >= 11 is 5.98. The van der Waals surface area contributed by atoms with Gasteiger partial charge in [0.05, 0.1) is 28.9 Å². The fourth-order valence-corrected chi connectivity index (χ4v) is 3.00. The second kappa shape index (κ2) is 6.96. The number of pyridine rings is 1. The van der Waals surface area contributed by atoms with Crippen LogP contribution < -0.4 is 4.90 Å². The van der Waals surface area contributed by atoms with Crippen LogP contribution >= 0.6 is 11.6 Å². The van der Waals surface area contributed by atoms with E-state index in [4.69, 9.17) is 11.6 Å². The van der Waals surface area contributed by atoms with Crippen LogP contribution in [0.2, 0.25) is 5.15 Å². The average Bonchev–Trinajstić information content (AvgIpc) is 2.98. The number of aryl methyl sites for hydroxylation is 1. The zero-order chi connectivity index (χ0) is 18.0. The van der Waals surface area contributed by atoms with Crippen LogP contribution in [-0.2, 0) is 7.05 Å². The van der Waals surface area contributed by atoms with Crippen molar-refractivity contribution in [2.45, 2.75) is 19.0 Å². The van der Waals surface area contributed by atoms with Gasteiger partial charge in [-0.3, -0.25) is 4.68 Å². The molecule has 3 heterocycles. The Morgan fingerprint density at radius 1 is 1.20 bits per heavy atom. The molecule has 0 saturated carbocycles. The fraction of sp³-hybridized carbons (Fsp3) is 0.412. The molecule has 0 aromatic carbocycles. The Bertz CT molecular complexity index is 811. The van der Waals surface area contributed by atoms with Crippen molar-refractivity contribution in [1.82, 2.24) is 14.8 Å². The summed E-state index contributed by atoms with van der Waals surface area (Å²) in [5.74, 6) is 4.77. The molecular formula is C17H16ClF3N4. The molecule has 0 aliphatic carbocycles. The normalized spacial score (nSPS) is 15.8. The number of hydrogen-bond acceptors (Lipinski definition) is 3. The minimum Gasteiger partial charge on any atom is -0.370 e. The smallest absolute Gasteiger partial charge is 0.370 e. The maximum absolute atomic E-state index is 12.8. The molecule has 0 radical (unpaired) electrons. The maximum Gasteiger partial charge on any atom is 0.391 e. The SMILES string of the molecule is Cn1cc(C#Cc2cnc(Cl)cc2N2CCC(C(F)(F)F)CC2)cn1. The van der Waals surface area contributed by atoms with Gasteiger partial charge >= 0.3 is 6.18 Å². The lowest BCUT2D eigenvalue weighted by Gasteiger charge is -2.34. The lowest BCUT2D eigenvalue weighted by molar-refractivity contribution is -0.179. The summed E-state index contributed by atoms with van der Waals surface area (Å²) in [5.41, 5.74) is 2.11. The van der Waals surface area contributed by atoms with Crippen LogP contribution in [0.3, 0.4) is 0 Å².